The van der Waals surface area contributed by atoms with Gasteiger partial charge < -0.3 is 15.4 Å². The van der Waals surface area contributed by atoms with Crippen LogP contribution in [0.1, 0.15) is 35.7 Å². The van der Waals surface area contributed by atoms with Gasteiger partial charge in [-0.15, -0.1) is 0 Å². The molecule has 1 saturated heterocycles. The first kappa shape index (κ1) is 16.5. The topological polar surface area (TPSA) is 67.4 Å². The van der Waals surface area contributed by atoms with Crippen molar-refractivity contribution in [3.05, 3.63) is 35.4 Å². The van der Waals surface area contributed by atoms with Gasteiger partial charge in [0, 0.05) is 25.8 Å². The van der Waals surface area contributed by atoms with Crippen LogP contribution in [-0.4, -0.2) is 38.1 Å². The van der Waals surface area contributed by atoms with Crippen molar-refractivity contribution >= 4 is 11.8 Å². The van der Waals surface area contributed by atoms with E-state index in [4.69, 9.17) is 4.74 Å². The van der Waals surface area contributed by atoms with Crippen molar-refractivity contribution < 1.29 is 14.3 Å². The predicted molar refractivity (Wildman–Crippen MR) is 84.7 cm³/mol. The predicted octanol–water partition coefficient (Wildman–Crippen LogP) is 1.52. The highest BCUT2D eigenvalue weighted by Crippen LogP contribution is 2.20. The Morgan fingerprint density at radius 1 is 1.36 bits per heavy atom. The maximum absolute atomic E-state index is 12.2. The maximum Gasteiger partial charge on any atom is 0.251 e. The first-order chi connectivity index (χ1) is 10.6. The SMILES string of the molecule is CNC(=O)c1cccc(CCNC(=O)[C@@H]2CCCO[C@H]2C)c1. The Bertz CT molecular complexity index is 530. The lowest BCUT2D eigenvalue weighted by molar-refractivity contribution is -0.133. The van der Waals surface area contributed by atoms with Gasteiger partial charge in [0.1, 0.15) is 0 Å². The second-order valence-electron chi connectivity index (χ2n) is 5.65. The Balaban J connectivity index is 1.83. The van der Waals surface area contributed by atoms with Gasteiger partial charge in [-0.25, -0.2) is 0 Å². The van der Waals surface area contributed by atoms with Crippen molar-refractivity contribution in [1.29, 1.82) is 0 Å². The van der Waals surface area contributed by atoms with Gasteiger partial charge in [-0.05, 0) is 43.9 Å². The number of nitrogens with one attached hydrogen (secondary N) is 2. The molecule has 0 bridgehead atoms. The van der Waals surface area contributed by atoms with Crippen LogP contribution in [0.5, 0.6) is 0 Å². The minimum Gasteiger partial charge on any atom is -0.378 e. The second kappa shape index (κ2) is 7.94. The number of amides is 2. The lowest BCUT2D eigenvalue weighted by Crippen LogP contribution is -2.40. The average Bonchev–Trinajstić information content (AvgIpc) is 2.54. The van der Waals surface area contributed by atoms with Gasteiger partial charge in [-0.1, -0.05) is 12.1 Å². The monoisotopic (exact) mass is 304 g/mol. The third-order valence-electron chi connectivity index (χ3n) is 4.07. The number of carbonyl (C=O) groups is 2. The van der Waals surface area contributed by atoms with Crippen LogP contribution in [0.2, 0.25) is 0 Å². The van der Waals surface area contributed by atoms with Gasteiger partial charge in [0.05, 0.1) is 12.0 Å². The molecular formula is C17H24N2O3. The smallest absolute Gasteiger partial charge is 0.251 e. The lowest BCUT2D eigenvalue weighted by atomic mass is 9.94. The van der Waals surface area contributed by atoms with Gasteiger partial charge >= 0.3 is 0 Å². The maximum atomic E-state index is 12.2. The van der Waals surface area contributed by atoms with Crippen LogP contribution in [0, 0.1) is 5.92 Å². The van der Waals surface area contributed by atoms with Crippen molar-refractivity contribution in [2.24, 2.45) is 5.92 Å². The highest BCUT2D eigenvalue weighted by molar-refractivity contribution is 5.94. The van der Waals surface area contributed by atoms with E-state index in [1.807, 2.05) is 25.1 Å². The van der Waals surface area contributed by atoms with Crippen LogP contribution in [0.15, 0.2) is 24.3 Å². The molecule has 120 valence electrons. The van der Waals surface area contributed by atoms with E-state index >= 15 is 0 Å². The molecule has 1 aromatic rings. The molecule has 0 radical (unpaired) electrons. The van der Waals surface area contributed by atoms with Crippen LogP contribution in [-0.2, 0) is 16.0 Å². The summed E-state index contributed by atoms with van der Waals surface area (Å²) >= 11 is 0. The van der Waals surface area contributed by atoms with Gasteiger partial charge in [-0.2, -0.15) is 0 Å². The Labute approximate surface area is 131 Å². The molecule has 1 fully saturated rings. The fourth-order valence-corrected chi connectivity index (χ4v) is 2.74. The quantitative estimate of drug-likeness (QED) is 0.866. The number of hydrogen-bond donors (Lipinski definition) is 2. The molecule has 1 aliphatic rings. The fourth-order valence-electron chi connectivity index (χ4n) is 2.74. The highest BCUT2D eigenvalue weighted by Gasteiger charge is 2.28. The normalized spacial score (nSPS) is 21.2. The van der Waals surface area contributed by atoms with Gasteiger partial charge in [0.2, 0.25) is 5.91 Å². The van der Waals surface area contributed by atoms with Crippen molar-refractivity contribution in [3.63, 3.8) is 0 Å². The molecule has 0 aliphatic carbocycles. The molecule has 2 atom stereocenters. The summed E-state index contributed by atoms with van der Waals surface area (Å²) in [5.41, 5.74) is 1.68. The Kier molecular flexibility index (Phi) is 5.95. The zero-order chi connectivity index (χ0) is 15.9. The van der Waals surface area contributed by atoms with Crippen LogP contribution in [0.4, 0.5) is 0 Å². The van der Waals surface area contributed by atoms with E-state index in [1.54, 1.807) is 13.1 Å². The molecule has 0 aromatic heterocycles. The summed E-state index contributed by atoms with van der Waals surface area (Å²) in [5.74, 6) is -0.0836. The van der Waals surface area contributed by atoms with Crippen LogP contribution < -0.4 is 10.6 Å². The van der Waals surface area contributed by atoms with Crippen molar-refractivity contribution in [1.82, 2.24) is 10.6 Å². The molecule has 1 aromatic carbocycles. The molecule has 0 spiro atoms. The van der Waals surface area contributed by atoms with E-state index in [2.05, 4.69) is 10.6 Å². The molecule has 5 nitrogen and oxygen atoms in total. The molecule has 2 rings (SSSR count). The van der Waals surface area contributed by atoms with E-state index in [0.717, 1.165) is 25.0 Å². The number of carbonyl (C=O) groups excluding carboxylic acids is 2. The van der Waals surface area contributed by atoms with Gasteiger partial charge in [0.15, 0.2) is 0 Å². The summed E-state index contributed by atoms with van der Waals surface area (Å²) in [6.45, 7) is 3.27. The highest BCUT2D eigenvalue weighted by atomic mass is 16.5. The molecule has 0 saturated carbocycles. The largest absolute Gasteiger partial charge is 0.378 e. The molecule has 1 aliphatic heterocycles. The molecule has 0 unspecified atom stereocenters. The number of ether oxygens (including phenoxy) is 1. The van der Waals surface area contributed by atoms with E-state index in [1.165, 1.54) is 0 Å². The summed E-state index contributed by atoms with van der Waals surface area (Å²) in [7, 11) is 1.61. The first-order valence-corrected chi connectivity index (χ1v) is 7.82. The minimum absolute atomic E-state index is 0.00896. The van der Waals surface area contributed by atoms with Gasteiger partial charge in [0.25, 0.3) is 5.91 Å². The molecular weight excluding hydrogens is 280 g/mol. The summed E-state index contributed by atoms with van der Waals surface area (Å²) in [6, 6.07) is 7.46. The van der Waals surface area contributed by atoms with Crippen LogP contribution in [0.25, 0.3) is 0 Å². The van der Waals surface area contributed by atoms with Crippen LogP contribution in [0.3, 0.4) is 0 Å². The molecule has 22 heavy (non-hydrogen) atoms. The van der Waals surface area contributed by atoms with Crippen molar-refractivity contribution in [2.45, 2.75) is 32.3 Å². The summed E-state index contributed by atoms with van der Waals surface area (Å²) in [5, 5.41) is 5.58. The molecule has 5 heteroatoms. The lowest BCUT2D eigenvalue weighted by Gasteiger charge is -2.28. The standard InChI is InChI=1S/C17H24N2O3/c1-12-15(7-4-10-22-12)17(21)19-9-8-13-5-3-6-14(11-13)16(20)18-2/h3,5-6,11-12,15H,4,7-10H2,1-2H3,(H,18,20)(H,19,21)/t12-,15+/m0/s1. The summed E-state index contributed by atoms with van der Waals surface area (Å²) in [4.78, 5) is 23.8. The Hall–Kier alpha value is -1.88. The van der Waals surface area contributed by atoms with E-state index < -0.39 is 0 Å². The number of hydrogen-bond acceptors (Lipinski definition) is 3. The van der Waals surface area contributed by atoms with E-state index in [-0.39, 0.29) is 23.8 Å². The summed E-state index contributed by atoms with van der Waals surface area (Å²) in [6.07, 6.45) is 2.53. The Morgan fingerprint density at radius 2 is 2.18 bits per heavy atom. The minimum atomic E-state index is -0.0981. The second-order valence-corrected chi connectivity index (χ2v) is 5.65. The van der Waals surface area contributed by atoms with Crippen LogP contribution >= 0.6 is 0 Å². The third-order valence-corrected chi connectivity index (χ3v) is 4.07. The van der Waals surface area contributed by atoms with E-state index in [0.29, 0.717) is 18.5 Å². The molecule has 2 amide bonds. The number of rotatable bonds is 5. The first-order valence-electron chi connectivity index (χ1n) is 7.82. The van der Waals surface area contributed by atoms with Crippen molar-refractivity contribution in [3.8, 4) is 0 Å². The summed E-state index contributed by atoms with van der Waals surface area (Å²) < 4.78 is 5.53. The zero-order valence-corrected chi connectivity index (χ0v) is 13.2. The van der Waals surface area contributed by atoms with Gasteiger partial charge in [-0.3, -0.25) is 9.59 Å². The molecule has 1 heterocycles. The number of benzene rings is 1. The molecule has 2 N–H and O–H groups in total. The average molecular weight is 304 g/mol. The zero-order valence-electron chi connectivity index (χ0n) is 13.2. The fraction of sp³-hybridized carbons (Fsp3) is 0.529. The van der Waals surface area contributed by atoms with Crippen molar-refractivity contribution in [2.75, 3.05) is 20.2 Å². The Morgan fingerprint density at radius 3 is 2.91 bits per heavy atom. The van der Waals surface area contributed by atoms with E-state index in [9.17, 15) is 9.59 Å². The third kappa shape index (κ3) is 4.31.